The van der Waals surface area contributed by atoms with Gasteiger partial charge in [-0.2, -0.15) is 0 Å². The molecule has 3 N–H and O–H groups in total. The third-order valence-corrected chi connectivity index (χ3v) is 2.97. The van der Waals surface area contributed by atoms with Crippen LogP contribution < -0.4 is 5.32 Å². The van der Waals surface area contributed by atoms with Gasteiger partial charge in [0.25, 0.3) is 0 Å². The Kier molecular flexibility index (Phi) is 3.43. The molecule has 0 radical (unpaired) electrons. The second-order valence-corrected chi connectivity index (χ2v) is 5.04. The largest absolute Gasteiger partial charge is 0.477 e. The molecule has 0 aromatic carbocycles. The first-order valence-corrected chi connectivity index (χ1v) is 5.33. The van der Waals surface area contributed by atoms with Crippen molar-refractivity contribution >= 4 is 11.7 Å². The van der Waals surface area contributed by atoms with Crippen molar-refractivity contribution in [2.24, 2.45) is 0 Å². The molecule has 17 heavy (non-hydrogen) atoms. The molecule has 0 spiro atoms. The summed E-state index contributed by atoms with van der Waals surface area (Å²) in [5.74, 6) is -1.07. The van der Waals surface area contributed by atoms with E-state index < -0.39 is 17.1 Å². The van der Waals surface area contributed by atoms with Crippen molar-refractivity contribution in [1.29, 1.82) is 0 Å². The second kappa shape index (κ2) is 4.33. The lowest BCUT2D eigenvalue weighted by Crippen LogP contribution is -2.51. The van der Waals surface area contributed by atoms with Gasteiger partial charge in [0.1, 0.15) is 5.69 Å². The average Bonchev–Trinajstić information content (AvgIpc) is 2.15. The number of rotatable bonds is 4. The van der Waals surface area contributed by atoms with Crippen LogP contribution >= 0.6 is 0 Å². The molecule has 1 aromatic rings. The molecule has 0 aliphatic rings. The quantitative estimate of drug-likeness (QED) is 0.744. The molecule has 0 fully saturated rings. The van der Waals surface area contributed by atoms with Crippen molar-refractivity contribution in [3.8, 4) is 0 Å². The summed E-state index contributed by atoms with van der Waals surface area (Å²) in [5, 5.41) is 21.9. The van der Waals surface area contributed by atoms with Crippen molar-refractivity contribution in [1.82, 2.24) is 4.98 Å². The van der Waals surface area contributed by atoms with Crippen LogP contribution in [-0.4, -0.2) is 32.3 Å². The summed E-state index contributed by atoms with van der Waals surface area (Å²) in [6.45, 7) is 7.07. The number of nitrogens with zero attached hydrogens (tertiary/aromatic N) is 1. The van der Waals surface area contributed by atoms with E-state index in [0.29, 0.717) is 5.69 Å². The fourth-order valence-corrected chi connectivity index (χ4v) is 1.14. The van der Waals surface area contributed by atoms with Crippen molar-refractivity contribution in [2.75, 3.05) is 5.32 Å². The molecule has 5 heteroatoms. The number of aliphatic hydroxyl groups is 1. The van der Waals surface area contributed by atoms with Gasteiger partial charge in [-0.1, -0.05) is 0 Å². The number of anilines is 1. The molecule has 0 amide bonds. The fourth-order valence-electron chi connectivity index (χ4n) is 1.14. The van der Waals surface area contributed by atoms with Gasteiger partial charge in [-0.05, 0) is 39.8 Å². The third-order valence-electron chi connectivity index (χ3n) is 2.97. The first-order chi connectivity index (χ1) is 7.63. The molecule has 1 rings (SSSR count). The minimum Gasteiger partial charge on any atom is -0.477 e. The molecule has 0 unspecified atom stereocenters. The highest BCUT2D eigenvalue weighted by molar-refractivity contribution is 5.86. The Balaban J connectivity index is 2.96. The molecule has 0 bridgehead atoms. The fraction of sp³-hybridized carbons (Fsp3) is 0.500. The van der Waals surface area contributed by atoms with Gasteiger partial charge in [0.05, 0.1) is 11.1 Å². The van der Waals surface area contributed by atoms with Gasteiger partial charge in [-0.25, -0.2) is 9.78 Å². The lowest BCUT2D eigenvalue weighted by atomic mass is 9.86. The lowest BCUT2D eigenvalue weighted by molar-refractivity contribution is 0.0240. The van der Waals surface area contributed by atoms with E-state index in [0.717, 1.165) is 0 Å². The second-order valence-electron chi connectivity index (χ2n) is 5.04. The van der Waals surface area contributed by atoms with E-state index in [1.54, 1.807) is 19.9 Å². The minimum atomic E-state index is -1.07. The Hall–Kier alpha value is -1.62. The number of carboxylic acid groups (broad SMARTS) is 1. The maximum atomic E-state index is 10.8. The van der Waals surface area contributed by atoms with E-state index in [9.17, 15) is 9.90 Å². The zero-order valence-electron chi connectivity index (χ0n) is 10.5. The Morgan fingerprint density at radius 2 is 1.94 bits per heavy atom. The Morgan fingerprint density at radius 1 is 1.35 bits per heavy atom. The molecule has 94 valence electrons. The Morgan fingerprint density at radius 3 is 2.41 bits per heavy atom. The van der Waals surface area contributed by atoms with E-state index in [1.807, 2.05) is 13.8 Å². The predicted octanol–water partition coefficient (Wildman–Crippen LogP) is 1.74. The molecule has 0 saturated carbocycles. The highest BCUT2D eigenvalue weighted by Crippen LogP contribution is 2.25. The monoisotopic (exact) mass is 238 g/mol. The van der Waals surface area contributed by atoms with Crippen LogP contribution in [0.4, 0.5) is 5.69 Å². The van der Waals surface area contributed by atoms with Crippen LogP contribution in [0, 0.1) is 0 Å². The topological polar surface area (TPSA) is 82.5 Å². The summed E-state index contributed by atoms with van der Waals surface area (Å²) in [5.41, 5.74) is -0.949. The van der Waals surface area contributed by atoms with Gasteiger partial charge in [-0.3, -0.25) is 0 Å². The maximum absolute atomic E-state index is 10.8. The van der Waals surface area contributed by atoms with Crippen LogP contribution in [0.25, 0.3) is 0 Å². The zero-order chi connectivity index (χ0) is 13.3. The van der Waals surface area contributed by atoms with Crippen LogP contribution in [0.1, 0.15) is 38.2 Å². The zero-order valence-corrected chi connectivity index (χ0v) is 10.5. The summed E-state index contributed by atoms with van der Waals surface area (Å²) in [7, 11) is 0. The van der Waals surface area contributed by atoms with Gasteiger partial charge >= 0.3 is 5.97 Å². The first-order valence-electron chi connectivity index (χ1n) is 5.33. The van der Waals surface area contributed by atoms with Crippen molar-refractivity contribution in [3.63, 3.8) is 0 Å². The van der Waals surface area contributed by atoms with Crippen LogP contribution in [0.2, 0.25) is 0 Å². The summed E-state index contributed by atoms with van der Waals surface area (Å²) in [6.07, 6.45) is 1.42. The number of hydrogen-bond donors (Lipinski definition) is 3. The highest BCUT2D eigenvalue weighted by Gasteiger charge is 2.34. The van der Waals surface area contributed by atoms with E-state index in [2.05, 4.69) is 10.3 Å². The third kappa shape index (κ3) is 3.17. The number of nitrogens with one attached hydrogen (secondary N) is 1. The normalized spacial score (nSPS) is 12.3. The standard InChI is InChI=1S/C12H18N2O3/c1-11(2,12(3,4)17)14-8-5-6-13-9(7-8)10(15)16/h5-7,17H,1-4H3,(H,13,14)(H,15,16). The van der Waals surface area contributed by atoms with Gasteiger partial charge < -0.3 is 15.5 Å². The minimum absolute atomic E-state index is 0.0263. The summed E-state index contributed by atoms with van der Waals surface area (Å²) in [6, 6.07) is 3.11. The molecule has 1 heterocycles. The van der Waals surface area contributed by atoms with Crippen molar-refractivity contribution < 1.29 is 15.0 Å². The Labute approximate surface area is 101 Å². The van der Waals surface area contributed by atoms with Crippen LogP contribution in [0.15, 0.2) is 18.3 Å². The SMILES string of the molecule is CC(C)(O)C(C)(C)Nc1ccnc(C(=O)O)c1. The van der Waals surface area contributed by atoms with Gasteiger partial charge in [-0.15, -0.1) is 0 Å². The van der Waals surface area contributed by atoms with Crippen molar-refractivity contribution in [2.45, 2.75) is 38.8 Å². The Bertz CT molecular complexity index is 422. The summed E-state index contributed by atoms with van der Waals surface area (Å²) < 4.78 is 0. The number of hydrogen-bond acceptors (Lipinski definition) is 4. The van der Waals surface area contributed by atoms with Crippen molar-refractivity contribution in [3.05, 3.63) is 24.0 Å². The van der Waals surface area contributed by atoms with Gasteiger partial charge in [0, 0.05) is 11.9 Å². The molecule has 0 aliphatic carbocycles. The molecule has 1 aromatic heterocycles. The smallest absolute Gasteiger partial charge is 0.354 e. The number of aromatic nitrogens is 1. The molecular formula is C12H18N2O3. The van der Waals surface area contributed by atoms with Crippen LogP contribution in [0.5, 0.6) is 0 Å². The van der Waals surface area contributed by atoms with E-state index in [4.69, 9.17) is 5.11 Å². The average molecular weight is 238 g/mol. The summed E-state index contributed by atoms with van der Waals surface area (Å²) in [4.78, 5) is 14.5. The number of carboxylic acids is 1. The number of pyridine rings is 1. The van der Waals surface area contributed by atoms with Gasteiger partial charge in [0.2, 0.25) is 0 Å². The molecule has 0 saturated heterocycles. The van der Waals surface area contributed by atoms with Crippen LogP contribution in [0.3, 0.4) is 0 Å². The molecule has 0 atom stereocenters. The van der Waals surface area contributed by atoms with Gasteiger partial charge in [0.15, 0.2) is 0 Å². The highest BCUT2D eigenvalue weighted by atomic mass is 16.4. The van der Waals surface area contributed by atoms with E-state index in [1.165, 1.54) is 12.3 Å². The first kappa shape index (κ1) is 13.4. The van der Waals surface area contributed by atoms with E-state index in [-0.39, 0.29) is 5.69 Å². The lowest BCUT2D eigenvalue weighted by Gasteiger charge is -2.38. The number of aromatic carboxylic acids is 1. The predicted molar refractivity (Wildman–Crippen MR) is 65.2 cm³/mol. The molecule has 5 nitrogen and oxygen atoms in total. The van der Waals surface area contributed by atoms with Crippen LogP contribution in [-0.2, 0) is 0 Å². The summed E-state index contributed by atoms with van der Waals surface area (Å²) >= 11 is 0. The molecular weight excluding hydrogens is 220 g/mol. The van der Waals surface area contributed by atoms with E-state index >= 15 is 0 Å². The number of carbonyl (C=O) groups is 1. The maximum Gasteiger partial charge on any atom is 0.354 e. The molecule has 0 aliphatic heterocycles.